The fourth-order valence-corrected chi connectivity index (χ4v) is 2.02. The topological polar surface area (TPSA) is 64.5 Å². The van der Waals surface area contributed by atoms with Crippen molar-refractivity contribution in [1.29, 1.82) is 5.26 Å². The largest absolute Gasteiger partial charge is 0.338 e. The van der Waals surface area contributed by atoms with E-state index < -0.39 is 0 Å². The summed E-state index contributed by atoms with van der Waals surface area (Å²) in [7, 11) is 0. The van der Waals surface area contributed by atoms with Gasteiger partial charge in [-0.1, -0.05) is 18.2 Å². The van der Waals surface area contributed by atoms with Crippen LogP contribution in [0.1, 0.15) is 5.56 Å². The third-order valence-electron chi connectivity index (χ3n) is 3.05. The van der Waals surface area contributed by atoms with Gasteiger partial charge in [0.05, 0.1) is 5.69 Å². The Labute approximate surface area is 120 Å². The molecule has 3 aromatic rings. The highest BCUT2D eigenvalue weighted by Crippen LogP contribution is 2.28. The van der Waals surface area contributed by atoms with E-state index in [1.807, 2.05) is 30.3 Å². The second-order valence-corrected chi connectivity index (χ2v) is 4.43. The van der Waals surface area contributed by atoms with Crippen LogP contribution in [0.3, 0.4) is 0 Å². The summed E-state index contributed by atoms with van der Waals surface area (Å²) >= 11 is 0. The number of aromatic amines is 1. The van der Waals surface area contributed by atoms with Gasteiger partial charge in [0, 0.05) is 11.3 Å². The van der Waals surface area contributed by atoms with Crippen LogP contribution in [0.5, 0.6) is 0 Å². The zero-order valence-corrected chi connectivity index (χ0v) is 11.0. The van der Waals surface area contributed by atoms with E-state index in [0.29, 0.717) is 22.6 Å². The lowest BCUT2D eigenvalue weighted by molar-refractivity contribution is 0.628. The van der Waals surface area contributed by atoms with Crippen LogP contribution in [0.4, 0.5) is 15.9 Å². The number of nitriles is 1. The Morgan fingerprint density at radius 3 is 2.43 bits per heavy atom. The molecule has 0 aliphatic heterocycles. The van der Waals surface area contributed by atoms with Gasteiger partial charge in [0.25, 0.3) is 0 Å². The predicted octanol–water partition coefficient (Wildman–Crippen LogP) is 3.83. The molecule has 0 saturated carbocycles. The summed E-state index contributed by atoms with van der Waals surface area (Å²) < 4.78 is 13.0. The maximum atomic E-state index is 13.0. The Bertz CT molecular complexity index is 785. The van der Waals surface area contributed by atoms with Crippen molar-refractivity contribution in [3.05, 3.63) is 66.0 Å². The number of anilines is 2. The van der Waals surface area contributed by atoms with Crippen molar-refractivity contribution in [2.75, 3.05) is 5.32 Å². The molecule has 0 aliphatic carbocycles. The van der Waals surface area contributed by atoms with Gasteiger partial charge in [-0.2, -0.15) is 10.4 Å². The number of para-hydroxylation sites is 1. The van der Waals surface area contributed by atoms with Gasteiger partial charge in [-0.3, -0.25) is 5.10 Å². The quantitative estimate of drug-likeness (QED) is 0.765. The highest BCUT2D eigenvalue weighted by atomic mass is 19.1. The standard InChI is InChI=1S/C16H11FN4/c17-12-8-6-11(7-9-12)15-14(10-18)16(21-20-15)19-13-4-2-1-3-5-13/h1-9H,(H2,19,20,21). The first-order valence-electron chi connectivity index (χ1n) is 6.34. The minimum absolute atomic E-state index is 0.320. The van der Waals surface area contributed by atoms with E-state index in [0.717, 1.165) is 5.69 Å². The van der Waals surface area contributed by atoms with E-state index in [4.69, 9.17) is 0 Å². The maximum Gasteiger partial charge on any atom is 0.170 e. The predicted molar refractivity (Wildman–Crippen MR) is 78.4 cm³/mol. The first-order valence-corrected chi connectivity index (χ1v) is 6.34. The first kappa shape index (κ1) is 12.9. The second kappa shape index (κ2) is 5.47. The van der Waals surface area contributed by atoms with Crippen molar-refractivity contribution >= 4 is 11.5 Å². The third-order valence-corrected chi connectivity index (χ3v) is 3.05. The number of aromatic nitrogens is 2. The number of nitrogens with one attached hydrogen (secondary N) is 2. The number of halogens is 1. The average Bonchev–Trinajstić information content (AvgIpc) is 2.92. The number of hydrogen-bond donors (Lipinski definition) is 2. The van der Waals surface area contributed by atoms with Crippen molar-refractivity contribution in [2.45, 2.75) is 0 Å². The summed E-state index contributed by atoms with van der Waals surface area (Å²) in [5.74, 6) is 0.127. The Balaban J connectivity index is 1.98. The Kier molecular flexibility index (Phi) is 3.36. The van der Waals surface area contributed by atoms with Crippen molar-refractivity contribution < 1.29 is 4.39 Å². The monoisotopic (exact) mass is 278 g/mol. The van der Waals surface area contributed by atoms with Crippen molar-refractivity contribution in [2.24, 2.45) is 0 Å². The molecule has 21 heavy (non-hydrogen) atoms. The fourth-order valence-electron chi connectivity index (χ4n) is 2.02. The van der Waals surface area contributed by atoms with Gasteiger partial charge >= 0.3 is 0 Å². The van der Waals surface area contributed by atoms with Crippen molar-refractivity contribution in [3.8, 4) is 17.3 Å². The normalized spacial score (nSPS) is 10.1. The number of H-pyrrole nitrogens is 1. The fraction of sp³-hybridized carbons (Fsp3) is 0. The van der Waals surface area contributed by atoms with Crippen LogP contribution in [-0.2, 0) is 0 Å². The molecule has 3 rings (SSSR count). The molecule has 1 aromatic heterocycles. The summed E-state index contributed by atoms with van der Waals surface area (Å²) in [6.45, 7) is 0. The number of rotatable bonds is 3. The molecular weight excluding hydrogens is 267 g/mol. The number of benzene rings is 2. The lowest BCUT2D eigenvalue weighted by atomic mass is 10.1. The summed E-state index contributed by atoms with van der Waals surface area (Å²) in [6, 6.07) is 17.5. The smallest absolute Gasteiger partial charge is 0.170 e. The molecule has 0 aliphatic rings. The molecule has 102 valence electrons. The van der Waals surface area contributed by atoms with Gasteiger partial charge < -0.3 is 5.32 Å². The lowest BCUT2D eigenvalue weighted by Crippen LogP contribution is -1.92. The second-order valence-electron chi connectivity index (χ2n) is 4.43. The van der Waals surface area contributed by atoms with E-state index in [-0.39, 0.29) is 5.82 Å². The van der Waals surface area contributed by atoms with Gasteiger partial charge in [0.1, 0.15) is 17.4 Å². The van der Waals surface area contributed by atoms with Crippen LogP contribution in [0.25, 0.3) is 11.3 Å². The number of nitrogens with zero attached hydrogens (tertiary/aromatic N) is 2. The molecule has 1 heterocycles. The Hall–Kier alpha value is -3.13. The Morgan fingerprint density at radius 2 is 1.76 bits per heavy atom. The van der Waals surface area contributed by atoms with Gasteiger partial charge in [-0.05, 0) is 36.4 Å². The van der Waals surface area contributed by atoms with Crippen LogP contribution >= 0.6 is 0 Å². The summed E-state index contributed by atoms with van der Waals surface area (Å²) in [4.78, 5) is 0. The molecule has 0 atom stereocenters. The van der Waals surface area contributed by atoms with Crippen LogP contribution in [-0.4, -0.2) is 10.2 Å². The van der Waals surface area contributed by atoms with E-state index in [1.165, 1.54) is 12.1 Å². The van der Waals surface area contributed by atoms with Gasteiger partial charge in [0.15, 0.2) is 5.82 Å². The maximum absolute atomic E-state index is 13.0. The summed E-state index contributed by atoms with van der Waals surface area (Å²) in [6.07, 6.45) is 0. The molecular formula is C16H11FN4. The van der Waals surface area contributed by atoms with Crippen LogP contribution in [0.15, 0.2) is 54.6 Å². The van der Waals surface area contributed by atoms with Crippen molar-refractivity contribution in [3.63, 3.8) is 0 Å². The molecule has 0 fully saturated rings. The van der Waals surface area contributed by atoms with Crippen LogP contribution in [0.2, 0.25) is 0 Å². The van der Waals surface area contributed by atoms with Crippen LogP contribution < -0.4 is 5.32 Å². The molecule has 4 nitrogen and oxygen atoms in total. The summed E-state index contributed by atoms with van der Waals surface area (Å²) in [5.41, 5.74) is 2.51. The molecule has 0 amide bonds. The molecule has 0 spiro atoms. The van der Waals surface area contributed by atoms with E-state index in [9.17, 15) is 9.65 Å². The molecule has 2 aromatic carbocycles. The zero-order valence-electron chi connectivity index (χ0n) is 11.0. The highest BCUT2D eigenvalue weighted by Gasteiger charge is 2.14. The van der Waals surface area contributed by atoms with Gasteiger partial charge in [-0.15, -0.1) is 0 Å². The zero-order chi connectivity index (χ0) is 14.7. The minimum Gasteiger partial charge on any atom is -0.338 e. The molecule has 0 bridgehead atoms. The van der Waals surface area contributed by atoms with E-state index >= 15 is 0 Å². The SMILES string of the molecule is N#Cc1c(Nc2ccccc2)n[nH]c1-c1ccc(F)cc1. The summed E-state index contributed by atoms with van der Waals surface area (Å²) in [5, 5.41) is 19.4. The minimum atomic E-state index is -0.320. The first-order chi connectivity index (χ1) is 10.3. The van der Waals surface area contributed by atoms with Crippen molar-refractivity contribution in [1.82, 2.24) is 10.2 Å². The van der Waals surface area contributed by atoms with Crippen LogP contribution in [0, 0.1) is 17.1 Å². The molecule has 0 radical (unpaired) electrons. The Morgan fingerprint density at radius 1 is 1.05 bits per heavy atom. The lowest BCUT2D eigenvalue weighted by Gasteiger charge is -2.03. The molecule has 0 unspecified atom stereocenters. The van der Waals surface area contributed by atoms with E-state index in [2.05, 4.69) is 21.6 Å². The highest BCUT2D eigenvalue weighted by molar-refractivity contribution is 5.75. The van der Waals surface area contributed by atoms with Gasteiger partial charge in [-0.25, -0.2) is 4.39 Å². The average molecular weight is 278 g/mol. The molecule has 0 saturated heterocycles. The third kappa shape index (κ3) is 2.60. The molecule has 2 N–H and O–H groups in total. The van der Waals surface area contributed by atoms with Gasteiger partial charge in [0.2, 0.25) is 0 Å². The number of hydrogen-bond acceptors (Lipinski definition) is 3. The van der Waals surface area contributed by atoms with E-state index in [1.54, 1.807) is 12.1 Å². The molecule has 5 heteroatoms.